The van der Waals surface area contributed by atoms with E-state index in [2.05, 4.69) is 0 Å². The summed E-state index contributed by atoms with van der Waals surface area (Å²) in [5.41, 5.74) is 1.44. The Balaban J connectivity index is 1.56. The molecular formula is C33H34O14. The Hall–Kier alpha value is -5.11. The van der Waals surface area contributed by atoms with Crippen molar-refractivity contribution in [3.05, 3.63) is 51.9 Å². The zero-order valence-electron chi connectivity index (χ0n) is 26.6. The fraction of sp³-hybridized carbons (Fsp3) is 0.424. The molecule has 5 atom stereocenters. The highest BCUT2D eigenvalue weighted by molar-refractivity contribution is 5.85. The summed E-state index contributed by atoms with van der Waals surface area (Å²) in [7, 11) is 0. The molecule has 0 aliphatic carbocycles. The topological polar surface area (TPSA) is 172 Å². The van der Waals surface area contributed by atoms with Gasteiger partial charge in [-0.1, -0.05) is 13.0 Å². The Morgan fingerprint density at radius 3 is 2.15 bits per heavy atom. The van der Waals surface area contributed by atoms with Gasteiger partial charge in [0.25, 0.3) is 0 Å². The number of aryl methyl sites for hydroxylation is 2. The second kappa shape index (κ2) is 13.7. The molecule has 2 aliphatic rings. The fourth-order valence-electron chi connectivity index (χ4n) is 5.56. The molecular weight excluding hydrogens is 620 g/mol. The van der Waals surface area contributed by atoms with E-state index in [0.29, 0.717) is 40.4 Å². The van der Waals surface area contributed by atoms with E-state index < -0.39 is 61.2 Å². The number of carbonyl (C=O) groups is 4. The average Bonchev–Trinajstić information content (AvgIpc) is 3.46. The predicted molar refractivity (Wildman–Crippen MR) is 161 cm³/mol. The lowest BCUT2D eigenvalue weighted by Gasteiger charge is -2.44. The lowest BCUT2D eigenvalue weighted by atomic mass is 9.97. The number of fused-ring (bicyclic) bond motifs is 2. The molecule has 250 valence electrons. The van der Waals surface area contributed by atoms with E-state index in [0.717, 1.165) is 20.8 Å². The molecule has 5 rings (SSSR count). The van der Waals surface area contributed by atoms with Gasteiger partial charge in [0.05, 0.1) is 10.9 Å². The Labute approximate surface area is 268 Å². The summed E-state index contributed by atoms with van der Waals surface area (Å²) < 4.78 is 50.9. The van der Waals surface area contributed by atoms with E-state index in [1.54, 1.807) is 31.2 Å². The number of hydrogen-bond donors (Lipinski definition) is 0. The van der Waals surface area contributed by atoms with Crippen molar-refractivity contribution >= 4 is 34.8 Å². The molecule has 0 N–H and O–H groups in total. The Morgan fingerprint density at radius 1 is 0.830 bits per heavy atom. The van der Waals surface area contributed by atoms with Crippen molar-refractivity contribution < 1.29 is 61.5 Å². The van der Waals surface area contributed by atoms with Crippen molar-refractivity contribution in [3.63, 3.8) is 0 Å². The second-order valence-electron chi connectivity index (χ2n) is 10.9. The van der Waals surface area contributed by atoms with Crippen molar-refractivity contribution in [2.24, 2.45) is 0 Å². The van der Waals surface area contributed by atoms with Crippen LogP contribution in [0.25, 0.3) is 22.1 Å². The van der Waals surface area contributed by atoms with Crippen LogP contribution in [0.1, 0.15) is 45.9 Å². The van der Waals surface area contributed by atoms with Crippen LogP contribution >= 0.6 is 0 Å². The molecule has 0 spiro atoms. The zero-order valence-corrected chi connectivity index (χ0v) is 26.6. The highest BCUT2D eigenvalue weighted by Gasteiger charge is 2.53. The monoisotopic (exact) mass is 654 g/mol. The van der Waals surface area contributed by atoms with Crippen LogP contribution in [0.2, 0.25) is 0 Å². The van der Waals surface area contributed by atoms with Crippen LogP contribution in [0.5, 0.6) is 17.2 Å². The van der Waals surface area contributed by atoms with Crippen molar-refractivity contribution in [2.75, 3.05) is 13.4 Å². The first-order valence-corrected chi connectivity index (χ1v) is 14.8. The van der Waals surface area contributed by atoms with Gasteiger partial charge in [-0.05, 0) is 42.7 Å². The number of benzene rings is 2. The van der Waals surface area contributed by atoms with Crippen molar-refractivity contribution in [1.82, 2.24) is 0 Å². The summed E-state index contributed by atoms with van der Waals surface area (Å²) in [6, 6.07) is 8.35. The third-order valence-electron chi connectivity index (χ3n) is 7.48. The van der Waals surface area contributed by atoms with Gasteiger partial charge in [0, 0.05) is 33.8 Å². The summed E-state index contributed by atoms with van der Waals surface area (Å²) in [5.74, 6) is -1.30. The number of ether oxygens (including phenoxy) is 8. The number of carbonyl (C=O) groups excluding carboxylic acids is 4. The number of esters is 4. The lowest BCUT2D eigenvalue weighted by Crippen LogP contribution is -2.63. The second-order valence-corrected chi connectivity index (χ2v) is 10.9. The van der Waals surface area contributed by atoms with E-state index in [1.165, 1.54) is 13.0 Å². The van der Waals surface area contributed by atoms with E-state index in [9.17, 15) is 24.0 Å². The van der Waals surface area contributed by atoms with Crippen molar-refractivity contribution in [1.29, 1.82) is 0 Å². The van der Waals surface area contributed by atoms with Crippen LogP contribution in [-0.4, -0.2) is 68.0 Å². The van der Waals surface area contributed by atoms with Gasteiger partial charge in [-0.3, -0.25) is 24.0 Å². The molecule has 2 aliphatic heterocycles. The molecule has 47 heavy (non-hydrogen) atoms. The summed E-state index contributed by atoms with van der Waals surface area (Å²) in [5, 5.41) is 0.286. The van der Waals surface area contributed by atoms with E-state index in [4.69, 9.17) is 42.3 Å². The summed E-state index contributed by atoms with van der Waals surface area (Å²) in [6.07, 6.45) is -6.44. The van der Waals surface area contributed by atoms with Crippen LogP contribution in [0.3, 0.4) is 0 Å². The minimum absolute atomic E-state index is 0.0896. The largest absolute Gasteiger partial charge is 0.463 e. The summed E-state index contributed by atoms with van der Waals surface area (Å²) >= 11 is 0. The van der Waals surface area contributed by atoms with E-state index in [-0.39, 0.29) is 28.9 Å². The first-order chi connectivity index (χ1) is 22.4. The van der Waals surface area contributed by atoms with Crippen LogP contribution in [0, 0.1) is 6.92 Å². The molecule has 14 heteroatoms. The van der Waals surface area contributed by atoms with Crippen molar-refractivity contribution in [3.8, 4) is 28.4 Å². The first-order valence-electron chi connectivity index (χ1n) is 14.8. The Bertz CT molecular complexity index is 1780. The smallest absolute Gasteiger partial charge is 0.303 e. The van der Waals surface area contributed by atoms with Gasteiger partial charge in [0.15, 0.2) is 23.7 Å². The minimum Gasteiger partial charge on any atom is -0.463 e. The molecule has 1 fully saturated rings. The molecule has 1 aromatic heterocycles. The third kappa shape index (κ3) is 7.17. The average molecular weight is 655 g/mol. The molecule has 1 saturated heterocycles. The quantitative estimate of drug-likeness (QED) is 0.242. The standard InChI is InChI=1S/C33H34O14/c1-7-20-10-22-25(42-15(2)28(29(22)38)21-8-9-23-26(11-21)41-14-40-23)12-24(20)46-33-32(45-19(6)37)31(44-18(5)36)30(43-17(4)35)27(47-33)13-39-16(3)34/h8-12,27,30-33H,7,13-14H2,1-6H3/t27-,30-,31-,32+,33-/m1/s1. The molecule has 0 radical (unpaired) electrons. The normalized spacial score (nSPS) is 21.5. The molecule has 14 nitrogen and oxygen atoms in total. The van der Waals surface area contributed by atoms with E-state index in [1.807, 2.05) is 6.92 Å². The maximum absolute atomic E-state index is 13.8. The number of rotatable bonds is 9. The molecule has 0 unspecified atom stereocenters. The lowest BCUT2D eigenvalue weighted by molar-refractivity contribution is -0.288. The number of hydrogen-bond acceptors (Lipinski definition) is 14. The minimum atomic E-state index is -1.46. The molecule has 0 amide bonds. The van der Waals surface area contributed by atoms with E-state index >= 15 is 0 Å². The Morgan fingerprint density at radius 2 is 1.49 bits per heavy atom. The Kier molecular flexibility index (Phi) is 9.70. The summed E-state index contributed by atoms with van der Waals surface area (Å²) in [6.45, 7) is 7.76. The van der Waals surface area contributed by atoms with Gasteiger partial charge in [0.1, 0.15) is 29.8 Å². The van der Waals surface area contributed by atoms with Crippen LogP contribution in [0.4, 0.5) is 0 Å². The fourth-order valence-corrected chi connectivity index (χ4v) is 5.56. The SMILES string of the molecule is CCc1cc2c(=O)c(-c3ccc4c(c3)OCO4)c(C)oc2cc1O[C@@H]1O[C@H](COC(C)=O)[C@@H](OC(C)=O)[C@@H](OC(C)=O)[C@@H]1OC(C)=O. The molecule has 0 saturated carbocycles. The molecule has 3 aromatic rings. The van der Waals surface area contributed by atoms with Gasteiger partial charge < -0.3 is 42.3 Å². The van der Waals surface area contributed by atoms with Gasteiger partial charge in [0.2, 0.25) is 24.6 Å². The van der Waals surface area contributed by atoms with Gasteiger partial charge >= 0.3 is 23.9 Å². The van der Waals surface area contributed by atoms with Gasteiger partial charge in [-0.2, -0.15) is 0 Å². The van der Waals surface area contributed by atoms with Crippen molar-refractivity contribution in [2.45, 2.75) is 78.7 Å². The van der Waals surface area contributed by atoms with Crippen LogP contribution in [0.15, 0.2) is 39.5 Å². The van der Waals surface area contributed by atoms with Gasteiger partial charge in [-0.15, -0.1) is 0 Å². The summed E-state index contributed by atoms with van der Waals surface area (Å²) in [4.78, 5) is 62.0. The van der Waals surface area contributed by atoms with Crippen LogP contribution in [-0.2, 0) is 49.3 Å². The maximum Gasteiger partial charge on any atom is 0.303 e. The highest BCUT2D eigenvalue weighted by Crippen LogP contribution is 2.38. The molecule has 2 aromatic carbocycles. The predicted octanol–water partition coefficient (Wildman–Crippen LogP) is 3.52. The molecule has 3 heterocycles. The zero-order chi connectivity index (χ0) is 34.0. The van der Waals surface area contributed by atoms with Crippen LogP contribution < -0.4 is 19.6 Å². The third-order valence-corrected chi connectivity index (χ3v) is 7.48. The highest BCUT2D eigenvalue weighted by atomic mass is 16.7. The first kappa shape index (κ1) is 33.3. The maximum atomic E-state index is 13.8. The molecule has 0 bridgehead atoms. The van der Waals surface area contributed by atoms with Gasteiger partial charge in [-0.25, -0.2) is 0 Å².